The van der Waals surface area contributed by atoms with Crippen molar-refractivity contribution in [2.24, 2.45) is 0 Å². The predicted molar refractivity (Wildman–Crippen MR) is 79.0 cm³/mol. The molecule has 2 nitrogen and oxygen atoms in total. The van der Waals surface area contributed by atoms with Crippen LogP contribution < -0.4 is 5.19 Å². The molecule has 0 heterocycles. The molecule has 1 aromatic carbocycles. The summed E-state index contributed by atoms with van der Waals surface area (Å²) >= 11 is 0. The molecule has 1 rings (SSSR count). The van der Waals surface area contributed by atoms with Gasteiger partial charge in [-0.25, -0.2) is 0 Å². The number of hydrogen-bond donors (Lipinski definition) is 0. The minimum atomic E-state index is -1.34. The van der Waals surface area contributed by atoms with Crippen LogP contribution in [0, 0.1) is 0 Å². The second kappa shape index (κ2) is 8.24. The first kappa shape index (κ1) is 15.2. The van der Waals surface area contributed by atoms with Crippen molar-refractivity contribution in [2.45, 2.75) is 33.6 Å². The third-order valence-electron chi connectivity index (χ3n) is 2.47. The Morgan fingerprint density at radius 3 is 2.28 bits per heavy atom. The Morgan fingerprint density at radius 1 is 1.17 bits per heavy atom. The maximum atomic E-state index is 5.86. The molecule has 0 amide bonds. The fourth-order valence-corrected chi connectivity index (χ4v) is 3.21. The summed E-state index contributed by atoms with van der Waals surface area (Å²) in [4.78, 5) is 0. The van der Waals surface area contributed by atoms with Crippen molar-refractivity contribution in [3.05, 3.63) is 36.4 Å². The van der Waals surface area contributed by atoms with E-state index >= 15 is 0 Å². The molecule has 0 saturated heterocycles. The normalized spacial score (nSPS) is 10.9. The minimum Gasteiger partial charge on any atom is -0.390 e. The minimum absolute atomic E-state index is 0.759. The molecule has 3 heteroatoms. The molecule has 18 heavy (non-hydrogen) atoms. The van der Waals surface area contributed by atoms with Crippen LogP contribution in [0.1, 0.15) is 39.2 Å². The highest BCUT2D eigenvalue weighted by Gasteiger charge is 2.19. The smallest absolute Gasteiger partial charge is 0.390 e. The monoisotopic (exact) mass is 263 g/mol. The summed E-state index contributed by atoms with van der Waals surface area (Å²) in [6.45, 7) is 11.7. The second-order valence-corrected chi connectivity index (χ2v) is 6.08. The van der Waals surface area contributed by atoms with Crippen molar-refractivity contribution >= 4 is 20.0 Å². The number of allylic oxidation sites excluding steroid dienone is 1. The topological polar surface area (TPSA) is 18.5 Å². The molecule has 0 N–H and O–H groups in total. The summed E-state index contributed by atoms with van der Waals surface area (Å²) < 4.78 is 11.7. The molecule has 0 aromatic heterocycles. The van der Waals surface area contributed by atoms with E-state index in [1.807, 2.05) is 6.92 Å². The van der Waals surface area contributed by atoms with Gasteiger partial charge in [0.25, 0.3) is 0 Å². The van der Waals surface area contributed by atoms with Gasteiger partial charge in [0, 0.05) is 13.2 Å². The maximum Gasteiger partial charge on any atom is 0.423 e. The first-order chi connectivity index (χ1) is 8.69. The van der Waals surface area contributed by atoms with Crippen molar-refractivity contribution in [1.82, 2.24) is 0 Å². The highest BCUT2D eigenvalue weighted by atomic mass is 28.3. The first-order valence-electron chi connectivity index (χ1n) is 6.57. The van der Waals surface area contributed by atoms with Crippen LogP contribution in [0.2, 0.25) is 0 Å². The third-order valence-corrected chi connectivity index (χ3v) is 4.18. The van der Waals surface area contributed by atoms with Gasteiger partial charge in [-0.05, 0) is 30.5 Å². The zero-order valence-electron chi connectivity index (χ0n) is 11.7. The van der Waals surface area contributed by atoms with Crippen LogP contribution in [-0.4, -0.2) is 22.5 Å². The lowest BCUT2D eigenvalue weighted by Gasteiger charge is -2.15. The van der Waals surface area contributed by atoms with Gasteiger partial charge < -0.3 is 8.85 Å². The van der Waals surface area contributed by atoms with Gasteiger partial charge in [-0.15, -0.1) is 0 Å². The van der Waals surface area contributed by atoms with Gasteiger partial charge in [0.15, 0.2) is 0 Å². The lowest BCUT2D eigenvalue weighted by Crippen LogP contribution is -2.37. The van der Waals surface area contributed by atoms with Gasteiger partial charge in [-0.2, -0.15) is 0 Å². The van der Waals surface area contributed by atoms with E-state index in [0.717, 1.165) is 37.2 Å². The standard InChI is InChI=1S/C15H23O2Si/c1-5-10-16-18(17-11-6-2)15-9-7-8-14(12-15)13(3)4/h7-9,12H,3,5-6,10-11H2,1-2,4H3. The highest BCUT2D eigenvalue weighted by Crippen LogP contribution is 2.09. The summed E-state index contributed by atoms with van der Waals surface area (Å²) in [7, 11) is -1.34. The van der Waals surface area contributed by atoms with E-state index in [-0.39, 0.29) is 0 Å². The molecule has 0 aliphatic carbocycles. The summed E-state index contributed by atoms with van der Waals surface area (Å²) in [6.07, 6.45) is 2.04. The molecule has 99 valence electrons. The maximum absolute atomic E-state index is 5.86. The number of hydrogen-bond acceptors (Lipinski definition) is 2. The van der Waals surface area contributed by atoms with E-state index in [4.69, 9.17) is 8.85 Å². The fourth-order valence-electron chi connectivity index (χ4n) is 1.51. The Bertz CT molecular complexity index is 369. The van der Waals surface area contributed by atoms with E-state index in [1.165, 1.54) is 5.19 Å². The van der Waals surface area contributed by atoms with Crippen molar-refractivity contribution in [3.63, 3.8) is 0 Å². The van der Waals surface area contributed by atoms with Crippen molar-refractivity contribution in [2.75, 3.05) is 13.2 Å². The summed E-state index contributed by atoms with van der Waals surface area (Å²) in [6, 6.07) is 8.35. The summed E-state index contributed by atoms with van der Waals surface area (Å²) in [5.41, 5.74) is 2.24. The molecule has 0 aliphatic rings. The van der Waals surface area contributed by atoms with Gasteiger partial charge in [0.1, 0.15) is 0 Å². The molecule has 0 saturated carbocycles. The van der Waals surface area contributed by atoms with Crippen LogP contribution in [0.15, 0.2) is 30.8 Å². The fraction of sp³-hybridized carbons (Fsp3) is 0.467. The molecule has 0 aliphatic heterocycles. The van der Waals surface area contributed by atoms with Gasteiger partial charge in [-0.1, -0.05) is 50.3 Å². The predicted octanol–water partition coefficient (Wildman–Crippen LogP) is 3.27. The lowest BCUT2D eigenvalue weighted by atomic mass is 10.1. The molecule has 0 bridgehead atoms. The molecule has 1 aromatic rings. The van der Waals surface area contributed by atoms with Crippen LogP contribution in [0.25, 0.3) is 5.57 Å². The number of benzene rings is 1. The Balaban J connectivity index is 2.82. The zero-order chi connectivity index (χ0) is 13.4. The van der Waals surface area contributed by atoms with Crippen LogP contribution in [0.4, 0.5) is 0 Å². The van der Waals surface area contributed by atoms with Crippen LogP contribution in [-0.2, 0) is 8.85 Å². The number of rotatable bonds is 8. The Hall–Kier alpha value is -0.903. The van der Waals surface area contributed by atoms with Gasteiger partial charge in [-0.3, -0.25) is 0 Å². The summed E-state index contributed by atoms with van der Waals surface area (Å²) in [5.74, 6) is 0. The molecule has 1 radical (unpaired) electrons. The second-order valence-electron chi connectivity index (χ2n) is 4.35. The SMILES string of the molecule is C=C(C)c1cccc([Si](OCCC)OCCC)c1. The van der Waals surface area contributed by atoms with Gasteiger partial charge in [0.05, 0.1) is 0 Å². The van der Waals surface area contributed by atoms with Crippen molar-refractivity contribution in [1.29, 1.82) is 0 Å². The Morgan fingerprint density at radius 2 is 1.78 bits per heavy atom. The van der Waals surface area contributed by atoms with Crippen LogP contribution in [0.5, 0.6) is 0 Å². The van der Waals surface area contributed by atoms with Gasteiger partial charge >= 0.3 is 9.28 Å². The average molecular weight is 263 g/mol. The molecule has 0 fully saturated rings. The molecule has 0 unspecified atom stereocenters. The molecule has 0 spiro atoms. The van der Waals surface area contributed by atoms with Crippen LogP contribution >= 0.6 is 0 Å². The van der Waals surface area contributed by atoms with Crippen LogP contribution in [0.3, 0.4) is 0 Å². The van der Waals surface area contributed by atoms with Crippen molar-refractivity contribution in [3.8, 4) is 0 Å². The van der Waals surface area contributed by atoms with E-state index in [2.05, 4.69) is 44.7 Å². The highest BCUT2D eigenvalue weighted by molar-refractivity contribution is 6.61. The van der Waals surface area contributed by atoms with E-state index in [1.54, 1.807) is 0 Å². The largest absolute Gasteiger partial charge is 0.423 e. The molecule has 0 atom stereocenters. The Kier molecular flexibility index (Phi) is 6.94. The van der Waals surface area contributed by atoms with E-state index in [9.17, 15) is 0 Å². The molecular formula is C15H23O2Si. The van der Waals surface area contributed by atoms with Crippen molar-refractivity contribution < 1.29 is 8.85 Å². The average Bonchev–Trinajstić information content (AvgIpc) is 2.39. The first-order valence-corrected chi connectivity index (χ1v) is 7.89. The quantitative estimate of drug-likeness (QED) is 0.670. The van der Waals surface area contributed by atoms with Gasteiger partial charge in [0.2, 0.25) is 0 Å². The summed E-state index contributed by atoms with van der Waals surface area (Å²) in [5, 5.41) is 1.17. The van der Waals surface area contributed by atoms with E-state index in [0.29, 0.717) is 0 Å². The lowest BCUT2D eigenvalue weighted by molar-refractivity contribution is 0.207. The zero-order valence-corrected chi connectivity index (χ0v) is 12.7. The molecular weight excluding hydrogens is 240 g/mol. The van der Waals surface area contributed by atoms with E-state index < -0.39 is 9.28 Å². The Labute approximate surface area is 112 Å². The third kappa shape index (κ3) is 4.76.